The first kappa shape index (κ1) is 17.9. The molecule has 1 aliphatic heterocycles. The molecule has 1 fully saturated rings. The van der Waals surface area contributed by atoms with Gasteiger partial charge in [-0.15, -0.1) is 0 Å². The summed E-state index contributed by atoms with van der Waals surface area (Å²) in [6, 6.07) is 0.328. The SMILES string of the molecule is CO[C@H]1C[C@@H](CN(C)C(=O)C(C)(C)c2c(C)noc2C)N(C)C1. The van der Waals surface area contributed by atoms with Crippen LogP contribution in [0.2, 0.25) is 0 Å². The first-order valence-corrected chi connectivity index (χ1v) is 8.10. The summed E-state index contributed by atoms with van der Waals surface area (Å²) in [6.07, 6.45) is 1.21. The van der Waals surface area contributed by atoms with Gasteiger partial charge in [0.15, 0.2) is 0 Å². The zero-order valence-electron chi connectivity index (χ0n) is 15.3. The van der Waals surface area contributed by atoms with Crippen LogP contribution in [-0.2, 0) is 14.9 Å². The number of hydrogen-bond donors (Lipinski definition) is 0. The predicted octanol–water partition coefficient (Wildman–Crippen LogP) is 1.75. The third-order valence-electron chi connectivity index (χ3n) is 5.01. The van der Waals surface area contributed by atoms with Gasteiger partial charge in [0.2, 0.25) is 5.91 Å². The van der Waals surface area contributed by atoms with Crippen LogP contribution in [0.5, 0.6) is 0 Å². The Hall–Kier alpha value is -1.40. The smallest absolute Gasteiger partial charge is 0.232 e. The highest BCUT2D eigenvalue weighted by atomic mass is 16.5. The van der Waals surface area contributed by atoms with Gasteiger partial charge < -0.3 is 14.2 Å². The Morgan fingerprint density at radius 3 is 2.61 bits per heavy atom. The number of amides is 1. The fourth-order valence-electron chi connectivity index (χ4n) is 3.77. The van der Waals surface area contributed by atoms with Gasteiger partial charge in [0, 0.05) is 38.9 Å². The Morgan fingerprint density at radius 1 is 1.48 bits per heavy atom. The molecule has 1 saturated heterocycles. The summed E-state index contributed by atoms with van der Waals surface area (Å²) >= 11 is 0. The average Bonchev–Trinajstić information content (AvgIpc) is 3.01. The monoisotopic (exact) mass is 323 g/mol. The summed E-state index contributed by atoms with van der Waals surface area (Å²) in [6.45, 7) is 9.23. The maximum absolute atomic E-state index is 13.0. The first-order chi connectivity index (χ1) is 10.7. The second-order valence-corrected chi connectivity index (χ2v) is 7.20. The molecule has 0 bridgehead atoms. The summed E-state index contributed by atoms with van der Waals surface area (Å²) in [5.41, 5.74) is 1.02. The number of hydrogen-bond acceptors (Lipinski definition) is 5. The molecule has 2 atom stereocenters. The van der Waals surface area contributed by atoms with Crippen molar-refractivity contribution in [3.8, 4) is 0 Å². The third-order valence-corrected chi connectivity index (χ3v) is 5.01. The largest absolute Gasteiger partial charge is 0.380 e. The Kier molecular flexibility index (Phi) is 5.16. The van der Waals surface area contributed by atoms with Crippen molar-refractivity contribution >= 4 is 5.91 Å². The van der Waals surface area contributed by atoms with Crippen molar-refractivity contribution < 1.29 is 14.1 Å². The van der Waals surface area contributed by atoms with E-state index in [-0.39, 0.29) is 12.0 Å². The third kappa shape index (κ3) is 3.43. The molecule has 0 N–H and O–H groups in total. The maximum atomic E-state index is 13.0. The minimum atomic E-state index is -0.652. The molecular formula is C17H29N3O3. The van der Waals surface area contributed by atoms with Gasteiger partial charge in [-0.2, -0.15) is 0 Å². The van der Waals surface area contributed by atoms with Crippen LogP contribution in [0.1, 0.15) is 37.3 Å². The first-order valence-electron chi connectivity index (χ1n) is 8.10. The van der Waals surface area contributed by atoms with Gasteiger partial charge in [0.05, 0.1) is 17.2 Å². The van der Waals surface area contributed by atoms with E-state index in [2.05, 4.69) is 17.1 Å². The average molecular weight is 323 g/mol. The van der Waals surface area contributed by atoms with E-state index in [4.69, 9.17) is 9.26 Å². The van der Waals surface area contributed by atoms with E-state index in [0.29, 0.717) is 18.3 Å². The van der Waals surface area contributed by atoms with Gasteiger partial charge in [-0.1, -0.05) is 5.16 Å². The van der Waals surface area contributed by atoms with Crippen molar-refractivity contribution in [2.45, 2.75) is 51.7 Å². The van der Waals surface area contributed by atoms with Crippen molar-refractivity contribution in [2.75, 3.05) is 34.3 Å². The molecule has 0 spiro atoms. The highest BCUT2D eigenvalue weighted by Gasteiger charge is 2.39. The normalized spacial score (nSPS) is 22.6. The molecule has 0 saturated carbocycles. The quantitative estimate of drug-likeness (QED) is 0.826. The van der Waals surface area contributed by atoms with Crippen molar-refractivity contribution in [1.29, 1.82) is 0 Å². The number of rotatable bonds is 5. The molecule has 2 rings (SSSR count). The van der Waals surface area contributed by atoms with Crippen LogP contribution < -0.4 is 0 Å². The van der Waals surface area contributed by atoms with Crippen molar-refractivity contribution in [3.63, 3.8) is 0 Å². The van der Waals surface area contributed by atoms with E-state index in [1.165, 1.54) is 0 Å². The van der Waals surface area contributed by atoms with Crippen molar-refractivity contribution in [2.24, 2.45) is 0 Å². The highest BCUT2D eigenvalue weighted by Crippen LogP contribution is 2.31. The molecule has 0 radical (unpaired) electrons. The van der Waals surface area contributed by atoms with Gasteiger partial charge in [-0.3, -0.25) is 9.69 Å². The Labute approximate surface area is 138 Å². The Bertz CT molecular complexity index is 548. The zero-order valence-corrected chi connectivity index (χ0v) is 15.3. The lowest BCUT2D eigenvalue weighted by Crippen LogP contribution is -2.46. The topological polar surface area (TPSA) is 58.8 Å². The van der Waals surface area contributed by atoms with Crippen LogP contribution in [0.15, 0.2) is 4.52 Å². The number of carbonyl (C=O) groups is 1. The number of likely N-dealkylation sites (tertiary alicyclic amines) is 1. The lowest BCUT2D eigenvalue weighted by atomic mass is 9.82. The fraction of sp³-hybridized carbons (Fsp3) is 0.765. The van der Waals surface area contributed by atoms with Crippen LogP contribution in [0.3, 0.4) is 0 Å². The number of carbonyl (C=O) groups excluding carboxylic acids is 1. The molecule has 6 nitrogen and oxygen atoms in total. The van der Waals surface area contributed by atoms with E-state index in [9.17, 15) is 4.79 Å². The second-order valence-electron chi connectivity index (χ2n) is 7.20. The number of nitrogens with zero attached hydrogens (tertiary/aromatic N) is 3. The highest BCUT2D eigenvalue weighted by molar-refractivity contribution is 5.87. The number of ether oxygens (including phenoxy) is 1. The number of likely N-dealkylation sites (N-methyl/N-ethyl adjacent to an activating group) is 2. The Morgan fingerprint density at radius 2 is 2.13 bits per heavy atom. The standard InChI is InChI=1S/C17H29N3O3/c1-11-15(12(2)23-18-11)17(3,4)16(21)20(6)9-13-8-14(22-7)10-19(13)5/h13-14H,8-10H2,1-7H3/t13-,14-/m0/s1. The fourth-order valence-corrected chi connectivity index (χ4v) is 3.77. The van der Waals surface area contributed by atoms with Crippen molar-refractivity contribution in [1.82, 2.24) is 15.0 Å². The lowest BCUT2D eigenvalue weighted by molar-refractivity contribution is -0.135. The van der Waals surface area contributed by atoms with Crippen LogP contribution in [0.25, 0.3) is 0 Å². The molecule has 6 heteroatoms. The van der Waals surface area contributed by atoms with Gasteiger partial charge in [0.25, 0.3) is 0 Å². The molecule has 1 aromatic heterocycles. The van der Waals surface area contributed by atoms with Gasteiger partial charge in [-0.25, -0.2) is 0 Å². The summed E-state index contributed by atoms with van der Waals surface area (Å²) in [5.74, 6) is 0.799. The minimum absolute atomic E-state index is 0.0844. The zero-order chi connectivity index (χ0) is 17.4. The molecule has 2 heterocycles. The van der Waals surface area contributed by atoms with Crippen LogP contribution in [-0.4, -0.2) is 67.3 Å². The van der Waals surface area contributed by atoms with Crippen LogP contribution in [0, 0.1) is 13.8 Å². The molecule has 23 heavy (non-hydrogen) atoms. The maximum Gasteiger partial charge on any atom is 0.232 e. The molecular weight excluding hydrogens is 294 g/mol. The van der Waals surface area contributed by atoms with E-state index in [1.807, 2.05) is 39.6 Å². The molecule has 0 unspecified atom stereocenters. The van der Waals surface area contributed by atoms with Gasteiger partial charge in [-0.05, 0) is 41.2 Å². The molecule has 130 valence electrons. The molecule has 0 aromatic carbocycles. The molecule has 1 aliphatic rings. The Balaban J connectivity index is 2.10. The van der Waals surface area contributed by atoms with E-state index in [1.54, 1.807) is 7.11 Å². The van der Waals surface area contributed by atoms with Gasteiger partial charge in [0.1, 0.15) is 5.76 Å². The van der Waals surface area contributed by atoms with E-state index >= 15 is 0 Å². The molecule has 1 aromatic rings. The van der Waals surface area contributed by atoms with Crippen LogP contribution >= 0.6 is 0 Å². The summed E-state index contributed by atoms with van der Waals surface area (Å²) in [4.78, 5) is 17.1. The van der Waals surface area contributed by atoms with Crippen LogP contribution in [0.4, 0.5) is 0 Å². The molecule has 1 amide bonds. The van der Waals surface area contributed by atoms with Crippen molar-refractivity contribution in [3.05, 3.63) is 17.0 Å². The minimum Gasteiger partial charge on any atom is -0.380 e. The summed E-state index contributed by atoms with van der Waals surface area (Å²) < 4.78 is 10.7. The summed E-state index contributed by atoms with van der Waals surface area (Å²) in [5, 5.41) is 3.99. The number of methoxy groups -OCH3 is 1. The van der Waals surface area contributed by atoms with E-state index < -0.39 is 5.41 Å². The lowest BCUT2D eigenvalue weighted by Gasteiger charge is -2.32. The predicted molar refractivity (Wildman–Crippen MR) is 88.5 cm³/mol. The van der Waals surface area contributed by atoms with E-state index in [0.717, 1.165) is 24.2 Å². The van der Waals surface area contributed by atoms with Gasteiger partial charge >= 0.3 is 0 Å². The molecule has 0 aliphatic carbocycles. The summed E-state index contributed by atoms with van der Waals surface area (Å²) in [7, 11) is 5.70. The number of aromatic nitrogens is 1. The number of aryl methyl sites for hydroxylation is 2. The second kappa shape index (κ2) is 6.61.